The molecular formula is C27H30N4O7S. The molecule has 1 aliphatic rings. The zero-order valence-corrected chi connectivity index (χ0v) is 22.0. The smallest absolute Gasteiger partial charge is 0.422 e. The van der Waals surface area contributed by atoms with Gasteiger partial charge < -0.3 is 20.1 Å². The highest BCUT2D eigenvalue weighted by Crippen LogP contribution is 2.28. The first-order chi connectivity index (χ1) is 18.8. The number of amides is 2. The third-order valence-electron chi connectivity index (χ3n) is 6.42. The Kier molecular flexibility index (Phi) is 8.99. The van der Waals surface area contributed by atoms with Crippen molar-refractivity contribution in [2.45, 2.75) is 32.0 Å². The average Bonchev–Trinajstić information content (AvgIpc) is 3.47. The van der Waals surface area contributed by atoms with Crippen LogP contribution in [0.15, 0.2) is 72.9 Å². The first-order valence-corrected chi connectivity index (χ1v) is 13.9. The fourth-order valence-electron chi connectivity index (χ4n) is 4.39. The van der Waals surface area contributed by atoms with E-state index in [-0.39, 0.29) is 37.3 Å². The predicted molar refractivity (Wildman–Crippen MR) is 142 cm³/mol. The molecule has 3 aromatic rings. The summed E-state index contributed by atoms with van der Waals surface area (Å²) in [6, 6.07) is 19.0. The van der Waals surface area contributed by atoms with E-state index < -0.39 is 22.3 Å². The zero-order valence-electron chi connectivity index (χ0n) is 21.2. The maximum absolute atomic E-state index is 12.8. The minimum absolute atomic E-state index is 0.00457. The number of rotatable bonds is 9. The summed E-state index contributed by atoms with van der Waals surface area (Å²) in [6.45, 7) is 1.09. The lowest BCUT2D eigenvalue weighted by atomic mass is 9.88. The molecule has 2 amide bonds. The molecule has 1 aliphatic heterocycles. The zero-order chi connectivity index (χ0) is 27.8. The van der Waals surface area contributed by atoms with Gasteiger partial charge in [0.2, 0.25) is 5.91 Å². The Hall–Kier alpha value is -4.16. The normalized spacial score (nSPS) is 14.0. The first kappa shape index (κ1) is 27.9. The van der Waals surface area contributed by atoms with Crippen LogP contribution in [0.2, 0.25) is 0 Å². The molecule has 0 atom stereocenters. The molecular weight excluding hydrogens is 524 g/mol. The number of ether oxygens (including phenoxy) is 2. The minimum atomic E-state index is -4.46. The fourth-order valence-corrected chi connectivity index (χ4v) is 5.38. The molecule has 1 saturated heterocycles. The maximum atomic E-state index is 12.8. The molecule has 4 rings (SSSR count). The van der Waals surface area contributed by atoms with Gasteiger partial charge >= 0.3 is 22.3 Å². The van der Waals surface area contributed by atoms with Crippen molar-refractivity contribution >= 4 is 28.2 Å². The van der Waals surface area contributed by atoms with Gasteiger partial charge in [-0.25, -0.2) is 18.3 Å². The van der Waals surface area contributed by atoms with E-state index in [0.29, 0.717) is 22.6 Å². The van der Waals surface area contributed by atoms with Crippen LogP contribution in [0.5, 0.6) is 0 Å². The fraction of sp³-hybridized carbons (Fsp3) is 0.296. The van der Waals surface area contributed by atoms with Crippen molar-refractivity contribution in [3.05, 3.63) is 95.3 Å². The largest absolute Gasteiger partial charge is 0.456 e. The molecule has 12 heteroatoms. The van der Waals surface area contributed by atoms with Gasteiger partial charge in [0.1, 0.15) is 18.9 Å². The van der Waals surface area contributed by atoms with Crippen LogP contribution in [0.4, 0.5) is 4.79 Å². The van der Waals surface area contributed by atoms with Gasteiger partial charge in [-0.05, 0) is 47.6 Å². The van der Waals surface area contributed by atoms with Crippen molar-refractivity contribution in [3.8, 4) is 0 Å². The molecule has 39 heavy (non-hydrogen) atoms. The second-order valence-electron chi connectivity index (χ2n) is 9.04. The molecule has 0 spiro atoms. The Balaban J connectivity index is 1.33. The van der Waals surface area contributed by atoms with Gasteiger partial charge in [0.05, 0.1) is 6.54 Å². The van der Waals surface area contributed by atoms with Crippen LogP contribution in [0, 0.1) is 0 Å². The molecule has 1 aromatic heterocycles. The molecule has 0 bridgehead atoms. The number of piperidine rings is 1. The van der Waals surface area contributed by atoms with Crippen molar-refractivity contribution in [3.63, 3.8) is 0 Å². The van der Waals surface area contributed by atoms with Gasteiger partial charge in [0.15, 0.2) is 0 Å². The summed E-state index contributed by atoms with van der Waals surface area (Å²) in [5.74, 6) is -0.667. The number of nitrogens with zero attached hydrogens (tertiary/aromatic N) is 2. The second kappa shape index (κ2) is 12.6. The standard InChI is InChI=1S/C27H30N4O7S/c28-17-25(32)30-14-11-22(12-15-30)23-9-4-8-21(16-23)19-37-26(33)24-10-5-13-31(24)39(35,36)29-27(34)38-18-20-6-2-1-3-7-20/h1-10,13,16,22H,11-12,14-15,17-19,28H2,(H,29,34). The number of carbonyl (C=O) groups excluding carboxylic acids is 3. The summed E-state index contributed by atoms with van der Waals surface area (Å²) in [7, 11) is -4.46. The van der Waals surface area contributed by atoms with Crippen LogP contribution in [-0.2, 0) is 37.7 Å². The average molecular weight is 555 g/mol. The topological polar surface area (TPSA) is 150 Å². The van der Waals surface area contributed by atoms with E-state index in [1.807, 2.05) is 24.3 Å². The number of nitrogens with one attached hydrogen (secondary N) is 1. The SMILES string of the molecule is NCC(=O)N1CCC(c2cccc(COC(=O)c3cccn3S(=O)(=O)NC(=O)OCc3ccccc3)c2)CC1. The predicted octanol–water partition coefficient (Wildman–Crippen LogP) is 2.53. The minimum Gasteiger partial charge on any atom is -0.456 e. The number of carbonyl (C=O) groups is 3. The highest BCUT2D eigenvalue weighted by atomic mass is 32.2. The van der Waals surface area contributed by atoms with E-state index in [2.05, 4.69) is 0 Å². The molecule has 11 nitrogen and oxygen atoms in total. The number of aromatic nitrogens is 1. The van der Waals surface area contributed by atoms with Crippen molar-refractivity contribution in [2.75, 3.05) is 19.6 Å². The number of hydrogen-bond donors (Lipinski definition) is 2. The Morgan fingerprint density at radius 1 is 0.897 bits per heavy atom. The number of esters is 1. The highest BCUT2D eigenvalue weighted by Gasteiger charge is 2.25. The lowest BCUT2D eigenvalue weighted by Gasteiger charge is -2.32. The molecule has 0 radical (unpaired) electrons. The number of likely N-dealkylation sites (tertiary alicyclic amines) is 1. The molecule has 3 N–H and O–H groups in total. The lowest BCUT2D eigenvalue weighted by Crippen LogP contribution is -2.41. The van der Waals surface area contributed by atoms with Crippen LogP contribution >= 0.6 is 0 Å². The van der Waals surface area contributed by atoms with Crippen molar-refractivity contribution in [2.24, 2.45) is 5.73 Å². The van der Waals surface area contributed by atoms with Gasteiger partial charge in [0, 0.05) is 19.3 Å². The Labute approximate surface area is 226 Å². The maximum Gasteiger partial charge on any atom is 0.422 e. The molecule has 0 unspecified atom stereocenters. The van der Waals surface area contributed by atoms with Crippen molar-refractivity contribution in [1.82, 2.24) is 13.6 Å². The summed E-state index contributed by atoms with van der Waals surface area (Å²) in [6.07, 6.45) is 1.57. The summed E-state index contributed by atoms with van der Waals surface area (Å²) < 4.78 is 38.2. The van der Waals surface area contributed by atoms with Crippen LogP contribution < -0.4 is 10.5 Å². The lowest BCUT2D eigenvalue weighted by molar-refractivity contribution is -0.130. The molecule has 0 aliphatic carbocycles. The summed E-state index contributed by atoms with van der Waals surface area (Å²) in [5.41, 5.74) is 7.69. The molecule has 2 aromatic carbocycles. The molecule has 206 valence electrons. The summed E-state index contributed by atoms with van der Waals surface area (Å²) in [5, 5.41) is 0. The third-order valence-corrected chi connectivity index (χ3v) is 7.68. The monoisotopic (exact) mass is 554 g/mol. The molecule has 2 heterocycles. The van der Waals surface area contributed by atoms with E-state index >= 15 is 0 Å². The quantitative estimate of drug-likeness (QED) is 0.383. The van der Waals surface area contributed by atoms with Gasteiger partial charge in [-0.3, -0.25) is 4.79 Å². The second-order valence-corrected chi connectivity index (χ2v) is 10.6. The number of nitrogens with two attached hydrogens (primary N) is 1. The molecule has 0 saturated carbocycles. The highest BCUT2D eigenvalue weighted by molar-refractivity contribution is 7.88. The van der Waals surface area contributed by atoms with Gasteiger partial charge in [0.25, 0.3) is 0 Å². The van der Waals surface area contributed by atoms with Crippen molar-refractivity contribution < 1.29 is 32.3 Å². The van der Waals surface area contributed by atoms with E-state index in [0.717, 1.165) is 30.2 Å². The van der Waals surface area contributed by atoms with Crippen LogP contribution in [0.1, 0.15) is 45.9 Å². The number of hydrogen-bond acceptors (Lipinski definition) is 8. The van der Waals surface area contributed by atoms with E-state index in [1.165, 1.54) is 12.1 Å². The Morgan fingerprint density at radius 3 is 2.31 bits per heavy atom. The van der Waals surface area contributed by atoms with Crippen molar-refractivity contribution in [1.29, 1.82) is 0 Å². The van der Waals surface area contributed by atoms with E-state index in [9.17, 15) is 22.8 Å². The van der Waals surface area contributed by atoms with Gasteiger partial charge in [-0.15, -0.1) is 0 Å². The third kappa shape index (κ3) is 7.24. The van der Waals surface area contributed by atoms with Crippen LogP contribution in [0.3, 0.4) is 0 Å². The molecule has 1 fully saturated rings. The van der Waals surface area contributed by atoms with Gasteiger partial charge in [-0.1, -0.05) is 54.6 Å². The Bertz CT molecular complexity index is 1410. The Morgan fingerprint density at radius 2 is 1.59 bits per heavy atom. The van der Waals surface area contributed by atoms with Crippen LogP contribution in [-0.4, -0.2) is 54.9 Å². The summed E-state index contributed by atoms with van der Waals surface area (Å²) >= 11 is 0. The number of benzene rings is 2. The van der Waals surface area contributed by atoms with Crippen LogP contribution in [0.25, 0.3) is 0 Å². The first-order valence-electron chi connectivity index (χ1n) is 12.4. The van der Waals surface area contributed by atoms with E-state index in [4.69, 9.17) is 15.2 Å². The summed E-state index contributed by atoms with van der Waals surface area (Å²) in [4.78, 5) is 38.4. The van der Waals surface area contributed by atoms with Gasteiger partial charge in [-0.2, -0.15) is 8.42 Å². The van der Waals surface area contributed by atoms with E-state index in [1.54, 1.807) is 40.0 Å².